The molecule has 25 heavy (non-hydrogen) atoms. The number of ether oxygens (including phenoxy) is 1. The van der Waals surface area contributed by atoms with Crippen LogP contribution in [0.5, 0.6) is 0 Å². The van der Waals surface area contributed by atoms with E-state index in [-0.39, 0.29) is 25.0 Å². The van der Waals surface area contributed by atoms with Crippen LogP contribution in [0.4, 0.5) is 0 Å². The Morgan fingerprint density at radius 3 is 2.36 bits per heavy atom. The minimum atomic E-state index is -0.286. The molecule has 2 unspecified atom stereocenters. The van der Waals surface area contributed by atoms with Crippen molar-refractivity contribution >= 4 is 11.9 Å². The Bertz CT molecular complexity index is 551. The van der Waals surface area contributed by atoms with Crippen LogP contribution < -0.4 is 0 Å². The molecule has 5 nitrogen and oxygen atoms in total. The van der Waals surface area contributed by atoms with E-state index in [1.807, 2.05) is 40.1 Å². The van der Waals surface area contributed by atoms with E-state index in [0.29, 0.717) is 25.0 Å². The van der Waals surface area contributed by atoms with Gasteiger partial charge in [0, 0.05) is 19.6 Å². The Morgan fingerprint density at radius 1 is 1.12 bits per heavy atom. The van der Waals surface area contributed by atoms with Crippen molar-refractivity contribution in [3.63, 3.8) is 0 Å². The molecule has 2 atom stereocenters. The molecular formula is C20H30N2O3. The first-order chi connectivity index (χ1) is 12.0. The maximum Gasteiger partial charge on any atom is 0.320 e. The second kappa shape index (κ2) is 9.56. The van der Waals surface area contributed by atoms with Gasteiger partial charge in [-0.2, -0.15) is 0 Å². The number of amides is 1. The molecule has 0 saturated carbocycles. The molecule has 0 radical (unpaired) electrons. The Kier molecular flexibility index (Phi) is 7.44. The van der Waals surface area contributed by atoms with Gasteiger partial charge >= 0.3 is 5.97 Å². The lowest BCUT2D eigenvalue weighted by Crippen LogP contribution is -2.47. The van der Waals surface area contributed by atoms with Crippen molar-refractivity contribution in [1.29, 1.82) is 0 Å². The minimum absolute atomic E-state index is 0.0960. The molecule has 1 aromatic rings. The third-order valence-corrected chi connectivity index (χ3v) is 4.49. The summed E-state index contributed by atoms with van der Waals surface area (Å²) in [5, 5.41) is 0. The summed E-state index contributed by atoms with van der Waals surface area (Å²) in [6, 6.07) is 9.91. The van der Waals surface area contributed by atoms with E-state index in [1.165, 1.54) is 6.42 Å². The summed E-state index contributed by atoms with van der Waals surface area (Å²) in [6.07, 6.45) is 1.17. The zero-order valence-electron chi connectivity index (χ0n) is 15.6. The number of hydrogen-bond donors (Lipinski definition) is 0. The number of esters is 1. The maximum atomic E-state index is 12.8. The monoisotopic (exact) mass is 346 g/mol. The van der Waals surface area contributed by atoms with Gasteiger partial charge < -0.3 is 9.64 Å². The van der Waals surface area contributed by atoms with E-state index >= 15 is 0 Å². The van der Waals surface area contributed by atoms with Gasteiger partial charge in [-0.15, -0.1) is 0 Å². The highest BCUT2D eigenvalue weighted by molar-refractivity contribution is 5.79. The molecule has 1 heterocycles. The summed E-state index contributed by atoms with van der Waals surface area (Å²) in [4.78, 5) is 28.5. The zero-order valence-corrected chi connectivity index (χ0v) is 15.6. The fourth-order valence-electron chi connectivity index (χ4n) is 3.56. The van der Waals surface area contributed by atoms with E-state index in [4.69, 9.17) is 4.74 Å². The number of benzene rings is 1. The van der Waals surface area contributed by atoms with Crippen molar-refractivity contribution in [2.45, 2.75) is 33.7 Å². The van der Waals surface area contributed by atoms with Gasteiger partial charge in [-0.1, -0.05) is 44.2 Å². The predicted molar refractivity (Wildman–Crippen MR) is 97.9 cm³/mol. The highest BCUT2D eigenvalue weighted by Crippen LogP contribution is 2.21. The first kappa shape index (κ1) is 19.4. The molecule has 0 aromatic heterocycles. The number of rotatable bonds is 7. The summed E-state index contributed by atoms with van der Waals surface area (Å²) >= 11 is 0. The number of hydrogen-bond acceptors (Lipinski definition) is 4. The van der Waals surface area contributed by atoms with Gasteiger partial charge in [0.25, 0.3) is 0 Å². The minimum Gasteiger partial charge on any atom is -0.465 e. The van der Waals surface area contributed by atoms with E-state index < -0.39 is 0 Å². The Morgan fingerprint density at radius 2 is 1.76 bits per heavy atom. The van der Waals surface area contributed by atoms with Crippen molar-refractivity contribution in [3.05, 3.63) is 35.9 Å². The van der Waals surface area contributed by atoms with Crippen LogP contribution >= 0.6 is 0 Å². The topological polar surface area (TPSA) is 49.9 Å². The Balaban J connectivity index is 2.01. The standard InChI is InChI=1S/C20H30N2O3/c1-4-25-20(24)15-21(13-18-8-6-5-7-9-18)14-19(23)22-11-16(2)10-17(3)12-22/h5-9,16-17H,4,10-15H2,1-3H3. The SMILES string of the molecule is CCOC(=O)CN(CC(=O)N1CC(C)CC(C)C1)Cc1ccccc1. The van der Waals surface area contributed by atoms with Gasteiger partial charge in [-0.3, -0.25) is 14.5 Å². The van der Waals surface area contributed by atoms with Crippen LogP contribution in [0.1, 0.15) is 32.8 Å². The molecule has 1 fully saturated rings. The molecule has 0 bridgehead atoms. The van der Waals surface area contributed by atoms with Crippen LogP contribution in [0, 0.1) is 11.8 Å². The molecule has 2 rings (SSSR count). The normalized spacial score (nSPS) is 20.6. The molecule has 1 aliphatic rings. The highest BCUT2D eigenvalue weighted by Gasteiger charge is 2.27. The van der Waals surface area contributed by atoms with E-state index in [9.17, 15) is 9.59 Å². The van der Waals surface area contributed by atoms with Crippen molar-refractivity contribution in [1.82, 2.24) is 9.80 Å². The summed E-state index contributed by atoms with van der Waals surface area (Å²) in [6.45, 7) is 9.08. The molecule has 1 aromatic carbocycles. The first-order valence-corrected chi connectivity index (χ1v) is 9.17. The van der Waals surface area contributed by atoms with Crippen LogP contribution in [0.3, 0.4) is 0 Å². The lowest BCUT2D eigenvalue weighted by Gasteiger charge is -2.36. The molecular weight excluding hydrogens is 316 g/mol. The molecule has 0 N–H and O–H groups in total. The van der Waals surface area contributed by atoms with Gasteiger partial charge in [-0.25, -0.2) is 0 Å². The van der Waals surface area contributed by atoms with Crippen LogP contribution in [-0.4, -0.2) is 54.5 Å². The lowest BCUT2D eigenvalue weighted by atomic mass is 9.92. The zero-order chi connectivity index (χ0) is 18.2. The number of carbonyl (C=O) groups excluding carboxylic acids is 2. The molecule has 0 spiro atoms. The van der Waals surface area contributed by atoms with Gasteiger partial charge in [0.15, 0.2) is 0 Å². The third kappa shape index (κ3) is 6.50. The number of likely N-dealkylation sites (tertiary alicyclic amines) is 1. The predicted octanol–water partition coefficient (Wildman–Crippen LogP) is 2.56. The van der Waals surface area contributed by atoms with Crippen LogP contribution in [0.2, 0.25) is 0 Å². The molecule has 138 valence electrons. The quantitative estimate of drug-likeness (QED) is 0.712. The molecule has 0 aliphatic carbocycles. The number of carbonyl (C=O) groups is 2. The van der Waals surface area contributed by atoms with E-state index in [2.05, 4.69) is 13.8 Å². The third-order valence-electron chi connectivity index (χ3n) is 4.49. The fraction of sp³-hybridized carbons (Fsp3) is 0.600. The summed E-state index contributed by atoms with van der Waals surface area (Å²) in [7, 11) is 0. The van der Waals surface area contributed by atoms with Crippen molar-refractivity contribution in [2.24, 2.45) is 11.8 Å². The van der Waals surface area contributed by atoms with Crippen molar-refractivity contribution in [2.75, 3.05) is 32.8 Å². The van der Waals surface area contributed by atoms with Gasteiger partial charge in [0.05, 0.1) is 19.7 Å². The van der Waals surface area contributed by atoms with Crippen molar-refractivity contribution < 1.29 is 14.3 Å². The van der Waals surface area contributed by atoms with Crippen molar-refractivity contribution in [3.8, 4) is 0 Å². The van der Waals surface area contributed by atoms with Gasteiger partial charge in [0.2, 0.25) is 5.91 Å². The van der Waals surface area contributed by atoms with Gasteiger partial charge in [0.1, 0.15) is 0 Å². The maximum absolute atomic E-state index is 12.8. The lowest BCUT2D eigenvalue weighted by molar-refractivity contribution is -0.145. The van der Waals surface area contributed by atoms with Crippen LogP contribution in [-0.2, 0) is 20.9 Å². The fourth-order valence-corrected chi connectivity index (χ4v) is 3.56. The molecule has 1 aliphatic heterocycles. The van der Waals surface area contributed by atoms with Crippen LogP contribution in [0.25, 0.3) is 0 Å². The average Bonchev–Trinajstić information content (AvgIpc) is 2.55. The number of piperidine rings is 1. The Hall–Kier alpha value is -1.88. The summed E-state index contributed by atoms with van der Waals surface area (Å²) < 4.78 is 5.07. The molecule has 1 saturated heterocycles. The first-order valence-electron chi connectivity index (χ1n) is 9.17. The highest BCUT2D eigenvalue weighted by atomic mass is 16.5. The second-order valence-corrected chi connectivity index (χ2v) is 7.18. The Labute approximate surface area is 150 Å². The average molecular weight is 346 g/mol. The van der Waals surface area contributed by atoms with E-state index in [0.717, 1.165) is 18.7 Å². The second-order valence-electron chi connectivity index (χ2n) is 7.18. The summed E-state index contributed by atoms with van der Waals surface area (Å²) in [5.41, 5.74) is 1.08. The molecule has 1 amide bonds. The summed E-state index contributed by atoms with van der Waals surface area (Å²) in [5.74, 6) is 0.867. The van der Waals surface area contributed by atoms with Gasteiger partial charge in [-0.05, 0) is 30.7 Å². The largest absolute Gasteiger partial charge is 0.465 e. The van der Waals surface area contributed by atoms with E-state index in [1.54, 1.807) is 6.92 Å². The number of nitrogens with zero attached hydrogens (tertiary/aromatic N) is 2. The smallest absolute Gasteiger partial charge is 0.320 e. The van der Waals surface area contributed by atoms with Crippen LogP contribution in [0.15, 0.2) is 30.3 Å². The molecule has 5 heteroatoms.